The Balaban J connectivity index is 1.06. The first-order valence-electron chi connectivity index (χ1n) is 20.2. The van der Waals surface area contributed by atoms with Gasteiger partial charge in [-0.25, -0.2) is 27.8 Å². The van der Waals surface area contributed by atoms with Crippen LogP contribution in [0.4, 0.5) is 4.39 Å². The van der Waals surface area contributed by atoms with E-state index in [-0.39, 0.29) is 37.3 Å². The van der Waals surface area contributed by atoms with Crippen molar-refractivity contribution in [1.29, 1.82) is 0 Å². The highest BCUT2D eigenvalue weighted by Gasteiger charge is 2.62. The van der Waals surface area contributed by atoms with Crippen LogP contribution in [-0.4, -0.2) is 87.4 Å². The minimum atomic E-state index is -3.94. The van der Waals surface area contributed by atoms with Crippen LogP contribution in [-0.2, 0) is 24.4 Å². The Kier molecular flexibility index (Phi) is 10.6. The van der Waals surface area contributed by atoms with Gasteiger partial charge in [-0.2, -0.15) is 0 Å². The Hall–Kier alpha value is -5.81. The third kappa shape index (κ3) is 7.95. The number of aromatic nitrogens is 3. The fourth-order valence-corrected chi connectivity index (χ4v) is 10.4. The molecule has 9 rings (SSSR count). The van der Waals surface area contributed by atoms with E-state index in [1.807, 2.05) is 54.6 Å². The van der Waals surface area contributed by atoms with Gasteiger partial charge in [0, 0.05) is 12.3 Å². The van der Waals surface area contributed by atoms with Gasteiger partial charge >= 0.3 is 0 Å². The van der Waals surface area contributed by atoms with Crippen molar-refractivity contribution in [3.63, 3.8) is 0 Å². The number of carbonyl (C=O) groups excluding carboxylic acids is 4. The number of thiazole rings is 1. The molecule has 17 heteroatoms. The fraction of sp³-hybridized carbons (Fsp3) is 0.372. The molecule has 2 aromatic heterocycles. The van der Waals surface area contributed by atoms with E-state index in [2.05, 4.69) is 15.4 Å². The van der Waals surface area contributed by atoms with Crippen molar-refractivity contribution in [2.45, 2.75) is 86.8 Å². The van der Waals surface area contributed by atoms with Crippen molar-refractivity contribution in [3.05, 3.63) is 96.3 Å². The van der Waals surface area contributed by atoms with Crippen LogP contribution >= 0.6 is 11.3 Å². The summed E-state index contributed by atoms with van der Waals surface area (Å²) in [6.07, 6.45) is 6.78. The van der Waals surface area contributed by atoms with E-state index in [1.165, 1.54) is 34.4 Å². The number of rotatable bonds is 8. The van der Waals surface area contributed by atoms with Crippen molar-refractivity contribution in [2.75, 3.05) is 6.54 Å². The molecule has 2 aliphatic carbocycles. The maximum Gasteiger partial charge on any atom is 0.259 e. The zero-order chi connectivity index (χ0) is 41.6. The Bertz CT molecular complexity index is 2640. The number of benzene rings is 3. The van der Waals surface area contributed by atoms with Gasteiger partial charge in [0.1, 0.15) is 34.6 Å². The molecule has 5 aromatic rings. The smallest absolute Gasteiger partial charge is 0.259 e. The number of carbonyl (C=O) groups is 4. The maximum atomic E-state index is 14.8. The van der Waals surface area contributed by atoms with Crippen LogP contribution in [0.3, 0.4) is 0 Å². The van der Waals surface area contributed by atoms with Crippen LogP contribution in [0.1, 0.15) is 68.1 Å². The van der Waals surface area contributed by atoms with Crippen molar-refractivity contribution < 1.29 is 36.7 Å². The summed E-state index contributed by atoms with van der Waals surface area (Å²) in [5.41, 5.74) is 0.524. The molecule has 1 saturated heterocycles. The molecule has 0 spiro atoms. The Morgan fingerprint density at radius 1 is 0.900 bits per heavy atom. The first-order valence-corrected chi connectivity index (χ1v) is 22.6. The van der Waals surface area contributed by atoms with Crippen molar-refractivity contribution in [2.24, 2.45) is 5.92 Å². The second kappa shape index (κ2) is 16.0. The number of nitrogens with one attached hydrogen (secondary N) is 3. The second-order valence-electron chi connectivity index (χ2n) is 15.9. The van der Waals surface area contributed by atoms with Crippen LogP contribution in [0.25, 0.3) is 32.0 Å². The zero-order valence-corrected chi connectivity index (χ0v) is 34.0. The predicted octanol–water partition coefficient (Wildman–Crippen LogP) is 5.20. The van der Waals surface area contributed by atoms with Gasteiger partial charge in [0.2, 0.25) is 27.7 Å². The van der Waals surface area contributed by atoms with E-state index in [4.69, 9.17) is 19.7 Å². The van der Waals surface area contributed by atoms with Gasteiger partial charge in [-0.1, -0.05) is 61.4 Å². The molecule has 3 fully saturated rings. The molecule has 5 atom stereocenters. The lowest BCUT2D eigenvalue weighted by Gasteiger charge is -2.30. The zero-order valence-electron chi connectivity index (χ0n) is 32.4. The number of hydrogen-bond donors (Lipinski definition) is 3. The molecular weight excluding hydrogens is 810 g/mol. The van der Waals surface area contributed by atoms with Gasteiger partial charge < -0.3 is 20.3 Å². The van der Waals surface area contributed by atoms with E-state index in [9.17, 15) is 32.0 Å². The lowest BCUT2D eigenvalue weighted by molar-refractivity contribution is -0.141. The summed E-state index contributed by atoms with van der Waals surface area (Å²) in [5.74, 6) is -3.95. The Labute approximate surface area is 349 Å². The van der Waals surface area contributed by atoms with Gasteiger partial charge in [-0.15, -0.1) is 11.3 Å². The Morgan fingerprint density at radius 3 is 2.40 bits per heavy atom. The summed E-state index contributed by atoms with van der Waals surface area (Å²) in [4.78, 5) is 72.6. The molecule has 14 nitrogen and oxygen atoms in total. The van der Waals surface area contributed by atoms with E-state index < -0.39 is 74.4 Å². The minimum absolute atomic E-state index is 0.0437. The maximum absolute atomic E-state index is 14.8. The number of para-hydroxylation sites is 3. The lowest BCUT2D eigenvalue weighted by Crippen LogP contribution is -2.58. The summed E-state index contributed by atoms with van der Waals surface area (Å²) in [6.45, 7) is -0.116. The minimum Gasteiger partial charge on any atom is -0.471 e. The summed E-state index contributed by atoms with van der Waals surface area (Å²) < 4.78 is 50.4. The largest absolute Gasteiger partial charge is 0.471 e. The van der Waals surface area contributed by atoms with E-state index >= 15 is 0 Å². The highest BCUT2D eigenvalue weighted by molar-refractivity contribution is 7.91. The van der Waals surface area contributed by atoms with E-state index in [1.54, 1.807) is 6.07 Å². The van der Waals surface area contributed by atoms with Gasteiger partial charge in [-0.05, 0) is 74.9 Å². The standard InChI is InChI=1S/C43H42FN7O7S2/c44-29-14-7-6-13-28(29)37(52)46-33-18-5-3-1-2-4-12-25-23-43(25,42(55)50-60(56,57)27-20-21-27)49-38(53)34-22-26(24-51(34)41(33)54)58-39-36(45-30-15-8-9-16-31(30)47-39)40-48-32-17-10-11-19-35(32)59-40/h4,6-17,19,25-27,33-34H,1-3,5,18,20-24H2,(H,46,52)(H,49,53)(H,50,55)/b12-4-/t25?,26-,33+,34+,43?/m1/s1. The first-order chi connectivity index (χ1) is 29.0. The SMILES string of the molecule is O=C(N[C@H]1CCCCC/C=C\C2CC2(C(=O)NS(=O)(=O)C2CC2)NC(=O)[C@@H]2C[C@@H](Oc3nc4ccccc4nc3-c3nc4ccccc4s3)CN2C1=O)c1ccccc1F. The number of nitrogens with zero attached hydrogens (tertiary/aromatic N) is 4. The first kappa shape index (κ1) is 39.6. The van der Waals surface area contributed by atoms with Crippen molar-refractivity contribution in [3.8, 4) is 16.6 Å². The number of ether oxygens (including phenoxy) is 1. The summed E-state index contributed by atoms with van der Waals surface area (Å²) >= 11 is 1.42. The van der Waals surface area contributed by atoms with Crippen LogP contribution in [0, 0.1) is 11.7 Å². The second-order valence-corrected chi connectivity index (χ2v) is 18.8. The topological polar surface area (TPSA) is 190 Å². The number of amides is 4. The lowest BCUT2D eigenvalue weighted by atomic mass is 10.0. The molecule has 60 heavy (non-hydrogen) atoms. The molecule has 4 aliphatic rings. The molecule has 4 amide bonds. The highest BCUT2D eigenvalue weighted by atomic mass is 32.2. The average molecular weight is 852 g/mol. The quantitative estimate of drug-likeness (QED) is 0.175. The fourth-order valence-electron chi connectivity index (χ4n) is 8.07. The van der Waals surface area contributed by atoms with Crippen LogP contribution in [0.5, 0.6) is 5.88 Å². The van der Waals surface area contributed by atoms with Gasteiger partial charge in [-0.3, -0.25) is 23.9 Å². The average Bonchev–Trinajstić information content (AvgIpc) is 4.13. The van der Waals surface area contributed by atoms with Crippen molar-refractivity contribution in [1.82, 2.24) is 35.2 Å². The molecule has 3 aromatic carbocycles. The van der Waals surface area contributed by atoms with Crippen LogP contribution in [0.2, 0.25) is 0 Å². The highest BCUT2D eigenvalue weighted by Crippen LogP contribution is 2.46. The van der Waals surface area contributed by atoms with Gasteiger partial charge in [0.25, 0.3) is 11.8 Å². The number of fused-ring (bicyclic) bond motifs is 4. The third-order valence-electron chi connectivity index (χ3n) is 11.6. The summed E-state index contributed by atoms with van der Waals surface area (Å²) in [6, 6.07) is 18.1. The molecular formula is C43H42FN7O7S2. The van der Waals surface area contributed by atoms with Crippen LogP contribution in [0.15, 0.2) is 84.9 Å². The number of allylic oxidation sites excluding steroid dienone is 1. The Morgan fingerprint density at radius 2 is 1.63 bits per heavy atom. The third-order valence-corrected chi connectivity index (χ3v) is 14.4. The van der Waals surface area contributed by atoms with E-state index in [0.717, 1.165) is 22.7 Å². The molecule has 2 saturated carbocycles. The summed E-state index contributed by atoms with van der Waals surface area (Å²) in [7, 11) is -3.94. The molecule has 3 N–H and O–H groups in total. The van der Waals surface area contributed by atoms with Crippen LogP contribution < -0.4 is 20.1 Å². The molecule has 2 unspecified atom stereocenters. The normalized spacial score (nSPS) is 25.3. The number of sulfonamides is 1. The number of hydrogen-bond acceptors (Lipinski definition) is 11. The molecule has 0 radical (unpaired) electrons. The van der Waals surface area contributed by atoms with Crippen molar-refractivity contribution >= 4 is 66.2 Å². The predicted molar refractivity (Wildman–Crippen MR) is 222 cm³/mol. The van der Waals surface area contributed by atoms with Gasteiger partial charge in [0.05, 0.1) is 38.6 Å². The van der Waals surface area contributed by atoms with Gasteiger partial charge in [0.15, 0.2) is 5.69 Å². The summed E-state index contributed by atoms with van der Waals surface area (Å²) in [5, 5.41) is 5.51. The monoisotopic (exact) mass is 851 g/mol. The molecule has 0 bridgehead atoms. The molecule has 310 valence electrons. The van der Waals surface area contributed by atoms with E-state index in [0.29, 0.717) is 53.8 Å². The number of halogens is 1. The molecule has 4 heterocycles. The molecule has 2 aliphatic heterocycles.